The number of nitrogen functional groups attached to an aromatic ring is 1. The molecular weight excluding hydrogens is 547 g/mol. The highest BCUT2D eigenvalue weighted by Crippen LogP contribution is 2.47. The van der Waals surface area contributed by atoms with E-state index in [0.717, 1.165) is 0 Å². The van der Waals surface area contributed by atoms with E-state index in [9.17, 15) is 15.0 Å². The van der Waals surface area contributed by atoms with Gasteiger partial charge >= 0.3 is 12.6 Å². The molecule has 1 fully saturated rings. The number of aromatic nitrogens is 4. The summed E-state index contributed by atoms with van der Waals surface area (Å²) in [7, 11) is 0. The highest BCUT2D eigenvalue weighted by atomic mass is 32.5. The van der Waals surface area contributed by atoms with Crippen molar-refractivity contribution >= 4 is 41.4 Å². The first-order valence-electron chi connectivity index (χ1n) is 11.9. The second-order valence-corrected chi connectivity index (χ2v) is 12.2. The number of nitrogens with two attached hydrogens (primary N) is 1. The zero-order valence-corrected chi connectivity index (χ0v) is 23.1. The molecule has 1 aromatic carbocycles. The molecule has 6 atom stereocenters. The SMILES string of the molecule is C#C[C@@]1(O)[C@H](O)[C@@H](COP(=S)(N[C@@H](C)C(=[OH+])OC(C)C)Oc2ccccc2)O[C@H]1n1cnc2c(N)ncnc21. The summed E-state index contributed by atoms with van der Waals surface area (Å²) in [5.74, 6) is 2.47. The van der Waals surface area contributed by atoms with E-state index in [1.54, 1.807) is 45.0 Å². The van der Waals surface area contributed by atoms with E-state index < -0.39 is 36.7 Å². The average molecular weight is 578 g/mol. The number of ether oxygens (including phenoxy) is 2. The van der Waals surface area contributed by atoms with Gasteiger partial charge in [0.15, 0.2) is 35.4 Å². The summed E-state index contributed by atoms with van der Waals surface area (Å²) in [6.45, 7) is 1.42. The van der Waals surface area contributed by atoms with Gasteiger partial charge in [0.2, 0.25) is 0 Å². The van der Waals surface area contributed by atoms with E-state index in [0.29, 0.717) is 5.75 Å². The molecule has 1 aliphatic heterocycles. The minimum atomic E-state index is -3.41. The third-order valence-electron chi connectivity index (χ3n) is 5.81. The van der Waals surface area contributed by atoms with Gasteiger partial charge in [-0.3, -0.25) is 4.57 Å². The Balaban J connectivity index is 1.57. The standard InChI is InChI=1S/C24H29N6O7PS/c1-5-24(33)19(31)17(36-23(24)30-13-28-18-20(25)26-12-27-21(18)30)11-34-38(39,37-16-9-7-6-8-10-16)29-15(4)22(32)35-14(2)3/h1,6-10,12-15,17,19,23,31,33H,11H2,2-4H3,(H,29,39)(H2,25,26,27)/p+1/t15-,17+,19+,23+,24+,38?/m0/s1. The predicted molar refractivity (Wildman–Crippen MR) is 147 cm³/mol. The molecule has 0 aliphatic carbocycles. The van der Waals surface area contributed by atoms with Crippen molar-refractivity contribution in [2.24, 2.45) is 0 Å². The van der Waals surface area contributed by atoms with E-state index in [1.807, 2.05) is 6.07 Å². The fraction of sp³-hybridized carbons (Fsp3) is 0.417. The number of aliphatic hydroxyl groups is 2. The zero-order chi connectivity index (χ0) is 28.4. The van der Waals surface area contributed by atoms with Crippen molar-refractivity contribution < 1.29 is 33.5 Å². The predicted octanol–water partition coefficient (Wildman–Crippen LogP) is 1.26. The average Bonchev–Trinajstić information content (AvgIpc) is 3.43. The molecule has 6 N–H and O–H groups in total. The van der Waals surface area contributed by atoms with Crippen LogP contribution in [-0.4, -0.2) is 77.1 Å². The van der Waals surface area contributed by atoms with Crippen LogP contribution in [0.3, 0.4) is 0 Å². The molecule has 0 spiro atoms. The fourth-order valence-electron chi connectivity index (χ4n) is 3.90. The van der Waals surface area contributed by atoms with Crippen molar-refractivity contribution in [3.05, 3.63) is 43.0 Å². The maximum absolute atomic E-state index is 11.3. The topological polar surface area (TPSA) is 180 Å². The molecule has 4 rings (SSSR count). The van der Waals surface area contributed by atoms with Crippen LogP contribution in [0.15, 0.2) is 43.0 Å². The number of aliphatic hydroxyl groups excluding tert-OH is 1. The van der Waals surface area contributed by atoms with Gasteiger partial charge in [-0.2, -0.15) is 0 Å². The lowest BCUT2D eigenvalue weighted by molar-refractivity contribution is -0.0710. The minimum Gasteiger partial charge on any atom is -0.433 e. The number of imidazole rings is 1. The summed E-state index contributed by atoms with van der Waals surface area (Å²) >= 11 is 5.73. The lowest BCUT2D eigenvalue weighted by atomic mass is 9.95. The van der Waals surface area contributed by atoms with Crippen LogP contribution in [0.2, 0.25) is 0 Å². The van der Waals surface area contributed by atoms with Gasteiger partial charge in [-0.1, -0.05) is 24.1 Å². The number of para-hydroxylation sites is 1. The maximum atomic E-state index is 11.3. The first-order valence-corrected chi connectivity index (χ1v) is 14.6. The number of esters is 1. The summed E-state index contributed by atoms with van der Waals surface area (Å²) in [5, 5.41) is 25.3. The molecule has 1 unspecified atom stereocenters. The maximum Gasteiger partial charge on any atom is 0.500 e. The first kappa shape index (κ1) is 28.8. The van der Waals surface area contributed by atoms with Gasteiger partial charge < -0.3 is 39.3 Å². The van der Waals surface area contributed by atoms with E-state index in [2.05, 4.69) is 26.0 Å². The molecule has 3 aromatic rings. The molecule has 39 heavy (non-hydrogen) atoms. The van der Waals surface area contributed by atoms with E-state index >= 15 is 0 Å². The Morgan fingerprint density at radius 3 is 2.72 bits per heavy atom. The van der Waals surface area contributed by atoms with E-state index in [1.165, 1.54) is 17.2 Å². The van der Waals surface area contributed by atoms with Crippen LogP contribution in [0.4, 0.5) is 5.82 Å². The molecule has 15 heteroatoms. The molecule has 208 valence electrons. The number of benzene rings is 1. The Hall–Kier alpha value is -3.15. The normalized spacial score (nSPS) is 25.2. The summed E-state index contributed by atoms with van der Waals surface area (Å²) in [6.07, 6.45) is 3.91. The molecule has 1 saturated heterocycles. The number of hydrogen-bond acceptors (Lipinski definition) is 11. The number of hydrogen-bond donors (Lipinski definition) is 4. The largest absolute Gasteiger partial charge is 0.500 e. The number of nitrogens with zero attached hydrogens (tertiary/aromatic N) is 4. The monoisotopic (exact) mass is 577 g/mol. The molecule has 2 aromatic heterocycles. The van der Waals surface area contributed by atoms with Gasteiger partial charge in [0.05, 0.1) is 12.9 Å². The van der Waals surface area contributed by atoms with Gasteiger partial charge in [-0.05, 0) is 44.7 Å². The summed E-state index contributed by atoms with van der Waals surface area (Å²) in [5.41, 5.74) is 4.22. The second-order valence-electron chi connectivity index (χ2n) is 9.08. The van der Waals surface area contributed by atoms with Crippen LogP contribution >= 0.6 is 6.64 Å². The highest BCUT2D eigenvalue weighted by molar-refractivity contribution is 8.09. The van der Waals surface area contributed by atoms with Crippen LogP contribution in [0.1, 0.15) is 27.0 Å². The third kappa shape index (κ3) is 6.05. The lowest BCUT2D eigenvalue weighted by Crippen LogP contribution is -2.46. The fourth-order valence-corrected chi connectivity index (χ4v) is 6.32. The molecule has 3 heterocycles. The second kappa shape index (κ2) is 11.5. The number of carbonyl (C=O) groups excluding carboxylic acids is 1. The van der Waals surface area contributed by atoms with Crippen molar-refractivity contribution in [1.29, 1.82) is 0 Å². The smallest absolute Gasteiger partial charge is 0.433 e. The number of rotatable bonds is 10. The number of fused-ring (bicyclic) bond motifs is 1. The number of terminal acetylenes is 1. The van der Waals surface area contributed by atoms with E-state index in [4.69, 9.17) is 42.5 Å². The van der Waals surface area contributed by atoms with Gasteiger partial charge in [-0.25, -0.2) is 20.0 Å². The van der Waals surface area contributed by atoms with Crippen LogP contribution in [-0.2, 0) is 25.8 Å². The Labute approximate surface area is 229 Å². The van der Waals surface area contributed by atoms with Crippen molar-refractivity contribution in [2.75, 3.05) is 12.3 Å². The van der Waals surface area contributed by atoms with Crippen molar-refractivity contribution in [3.63, 3.8) is 0 Å². The first-order chi connectivity index (χ1) is 18.5. The molecular formula is C24H30N6O7PS+. The van der Waals surface area contributed by atoms with Crippen LogP contribution in [0.5, 0.6) is 5.75 Å². The third-order valence-corrected chi connectivity index (χ3v) is 8.31. The highest BCUT2D eigenvalue weighted by Gasteiger charge is 2.56. The zero-order valence-electron chi connectivity index (χ0n) is 21.4. The molecule has 0 saturated carbocycles. The van der Waals surface area contributed by atoms with Crippen LogP contribution in [0, 0.1) is 12.3 Å². The lowest BCUT2D eigenvalue weighted by Gasteiger charge is -2.27. The van der Waals surface area contributed by atoms with Gasteiger partial charge in [0.1, 0.15) is 29.8 Å². The molecule has 0 bridgehead atoms. The van der Waals surface area contributed by atoms with Crippen LogP contribution < -0.4 is 15.3 Å². The van der Waals surface area contributed by atoms with E-state index in [-0.39, 0.29) is 35.7 Å². The molecule has 0 amide bonds. The van der Waals surface area contributed by atoms with Crippen LogP contribution in [0.25, 0.3) is 11.2 Å². The molecule has 1 aliphatic rings. The van der Waals surface area contributed by atoms with Crippen molar-refractivity contribution in [2.45, 2.75) is 57.0 Å². The van der Waals surface area contributed by atoms with Gasteiger partial charge in [0.25, 0.3) is 0 Å². The minimum absolute atomic E-state index is 0.127. The van der Waals surface area contributed by atoms with Gasteiger partial charge in [0, 0.05) is 0 Å². The van der Waals surface area contributed by atoms with Crippen molar-refractivity contribution in [1.82, 2.24) is 24.6 Å². The summed E-state index contributed by atoms with van der Waals surface area (Å²) < 4.78 is 24.7. The van der Waals surface area contributed by atoms with Gasteiger partial charge in [-0.15, -0.1) is 6.42 Å². The van der Waals surface area contributed by atoms with Crippen molar-refractivity contribution in [3.8, 4) is 18.1 Å². The molecule has 13 nitrogen and oxygen atoms in total. The Bertz CT molecular complexity index is 1420. The Morgan fingerprint density at radius 2 is 2.05 bits per heavy atom. The number of nitrogens with one attached hydrogen (secondary N) is 1. The number of anilines is 1. The quantitative estimate of drug-likeness (QED) is 0.117. The Kier molecular flexibility index (Phi) is 8.53. The molecule has 0 radical (unpaired) electrons. The summed E-state index contributed by atoms with van der Waals surface area (Å²) in [4.78, 5) is 22.6. The Morgan fingerprint density at radius 1 is 1.33 bits per heavy atom. The summed E-state index contributed by atoms with van der Waals surface area (Å²) in [6, 6.07) is 7.95.